The Morgan fingerprint density at radius 2 is 2.14 bits per heavy atom. The fourth-order valence-electron chi connectivity index (χ4n) is 2.74. The molecule has 0 aromatic heterocycles. The molecule has 0 aromatic rings. The first-order valence-corrected chi connectivity index (χ1v) is 4.98. The highest BCUT2D eigenvalue weighted by molar-refractivity contribution is 6.04. The molecule has 0 amide bonds. The molecule has 1 saturated carbocycles. The number of carbonyl (C=O) groups is 2. The van der Waals surface area contributed by atoms with Crippen LogP contribution in [0.3, 0.4) is 0 Å². The van der Waals surface area contributed by atoms with Crippen molar-refractivity contribution in [3.05, 3.63) is 12.2 Å². The van der Waals surface area contributed by atoms with Gasteiger partial charge in [-0.05, 0) is 31.6 Å². The first kappa shape index (κ1) is 9.44. The lowest BCUT2D eigenvalue weighted by Gasteiger charge is -2.29. The number of Topliss-reactive ketones (excluding diaryl/α,β-unsaturated/α-hetero) is 1. The normalized spacial score (nSPS) is 41.1. The average Bonchev–Trinajstić information content (AvgIpc) is 2.41. The van der Waals surface area contributed by atoms with Crippen molar-refractivity contribution in [1.82, 2.24) is 0 Å². The Balaban J connectivity index is 2.37. The molecule has 1 N–H and O–H groups in total. The molecule has 0 saturated heterocycles. The number of hydrogen-bond acceptors (Lipinski definition) is 2. The number of ketones is 1. The minimum Gasteiger partial charge on any atom is -0.480 e. The summed E-state index contributed by atoms with van der Waals surface area (Å²) in [6.07, 6.45) is 6.10. The fourth-order valence-corrected chi connectivity index (χ4v) is 2.74. The zero-order valence-corrected chi connectivity index (χ0v) is 8.19. The number of rotatable bonds is 1. The zero-order valence-electron chi connectivity index (χ0n) is 8.19. The molecule has 0 bridgehead atoms. The number of carbonyl (C=O) groups excluding carboxylic acids is 1. The number of hydrogen-bond donors (Lipinski definition) is 1. The molecule has 1 fully saturated rings. The minimum absolute atomic E-state index is 0.0116. The van der Waals surface area contributed by atoms with Crippen molar-refractivity contribution in [3.63, 3.8) is 0 Å². The molecule has 3 nitrogen and oxygen atoms in total. The van der Waals surface area contributed by atoms with Crippen LogP contribution in [0.4, 0.5) is 0 Å². The second kappa shape index (κ2) is 2.94. The van der Waals surface area contributed by atoms with Crippen LogP contribution in [0.25, 0.3) is 0 Å². The van der Waals surface area contributed by atoms with Gasteiger partial charge >= 0.3 is 5.97 Å². The predicted molar refractivity (Wildman–Crippen MR) is 50.7 cm³/mol. The third-order valence-electron chi connectivity index (χ3n) is 3.78. The molecule has 2 rings (SSSR count). The average molecular weight is 194 g/mol. The molecule has 3 heteroatoms. The van der Waals surface area contributed by atoms with Crippen molar-refractivity contribution >= 4 is 11.8 Å². The van der Waals surface area contributed by atoms with Crippen molar-refractivity contribution in [3.8, 4) is 0 Å². The van der Waals surface area contributed by atoms with Crippen molar-refractivity contribution in [1.29, 1.82) is 0 Å². The van der Waals surface area contributed by atoms with Gasteiger partial charge in [-0.3, -0.25) is 9.59 Å². The molecule has 0 aliphatic heterocycles. The maximum Gasteiger partial charge on any atom is 0.317 e. The van der Waals surface area contributed by atoms with E-state index in [0.29, 0.717) is 6.42 Å². The quantitative estimate of drug-likeness (QED) is 0.510. The molecular formula is C11H14O3. The molecular weight excluding hydrogens is 180 g/mol. The maximum absolute atomic E-state index is 11.7. The van der Waals surface area contributed by atoms with Crippen LogP contribution in [0.5, 0.6) is 0 Å². The minimum atomic E-state index is -1.13. The lowest BCUT2D eigenvalue weighted by Crippen LogP contribution is -2.39. The number of carboxylic acid groups (broad SMARTS) is 1. The number of carboxylic acids is 1. The van der Waals surface area contributed by atoms with Crippen LogP contribution in [0.2, 0.25) is 0 Å². The van der Waals surface area contributed by atoms with Gasteiger partial charge < -0.3 is 5.11 Å². The third kappa shape index (κ3) is 1.04. The van der Waals surface area contributed by atoms with E-state index in [4.69, 9.17) is 5.11 Å². The van der Waals surface area contributed by atoms with Crippen molar-refractivity contribution in [2.75, 3.05) is 0 Å². The molecule has 0 radical (unpaired) electrons. The van der Waals surface area contributed by atoms with E-state index < -0.39 is 11.4 Å². The van der Waals surface area contributed by atoms with Crippen LogP contribution < -0.4 is 0 Å². The van der Waals surface area contributed by atoms with Gasteiger partial charge in [0.1, 0.15) is 11.2 Å². The molecule has 0 aromatic carbocycles. The highest BCUT2D eigenvalue weighted by atomic mass is 16.4. The second-order valence-electron chi connectivity index (χ2n) is 4.44. The van der Waals surface area contributed by atoms with Gasteiger partial charge in [-0.25, -0.2) is 0 Å². The van der Waals surface area contributed by atoms with E-state index in [2.05, 4.69) is 6.08 Å². The Bertz CT molecular complexity index is 318. The Morgan fingerprint density at radius 3 is 2.79 bits per heavy atom. The van der Waals surface area contributed by atoms with Gasteiger partial charge in [-0.2, -0.15) is 0 Å². The number of aliphatic carboxylic acids is 1. The summed E-state index contributed by atoms with van der Waals surface area (Å²) in [6, 6.07) is 0. The highest BCUT2D eigenvalue weighted by Crippen LogP contribution is 2.49. The smallest absolute Gasteiger partial charge is 0.317 e. The number of fused-ring (bicyclic) bond motifs is 1. The van der Waals surface area contributed by atoms with Crippen LogP contribution in [0.15, 0.2) is 12.2 Å². The van der Waals surface area contributed by atoms with E-state index in [1.165, 1.54) is 0 Å². The van der Waals surface area contributed by atoms with Crippen molar-refractivity contribution in [2.45, 2.75) is 26.2 Å². The van der Waals surface area contributed by atoms with Crippen LogP contribution in [0, 0.1) is 17.3 Å². The molecule has 3 atom stereocenters. The Kier molecular flexibility index (Phi) is 1.98. The topological polar surface area (TPSA) is 54.4 Å². The first-order valence-electron chi connectivity index (χ1n) is 4.98. The lowest BCUT2D eigenvalue weighted by molar-refractivity contribution is -0.154. The monoisotopic (exact) mass is 194 g/mol. The summed E-state index contributed by atoms with van der Waals surface area (Å²) in [6.45, 7) is 1.58. The second-order valence-corrected chi connectivity index (χ2v) is 4.44. The molecule has 0 heterocycles. The highest BCUT2D eigenvalue weighted by Gasteiger charge is 2.56. The summed E-state index contributed by atoms with van der Waals surface area (Å²) in [5, 5.41) is 9.14. The van der Waals surface area contributed by atoms with Crippen LogP contribution in [0.1, 0.15) is 26.2 Å². The van der Waals surface area contributed by atoms with E-state index in [1.54, 1.807) is 6.92 Å². The lowest BCUT2D eigenvalue weighted by atomic mass is 9.72. The summed E-state index contributed by atoms with van der Waals surface area (Å²) in [5.41, 5.74) is -1.13. The largest absolute Gasteiger partial charge is 0.480 e. The Labute approximate surface area is 82.8 Å². The van der Waals surface area contributed by atoms with Gasteiger partial charge in [-0.1, -0.05) is 12.2 Å². The van der Waals surface area contributed by atoms with Crippen LogP contribution >= 0.6 is 0 Å². The fraction of sp³-hybridized carbons (Fsp3) is 0.636. The van der Waals surface area contributed by atoms with Crippen molar-refractivity contribution < 1.29 is 14.7 Å². The van der Waals surface area contributed by atoms with Gasteiger partial charge in [0.05, 0.1) is 0 Å². The predicted octanol–water partition coefficient (Wildman–Crippen LogP) is 1.63. The standard InChI is InChI=1S/C11H14O3/c1-11(10(13)14)8-5-3-2-4-7(8)6-9(11)12/h2-3,7-8H,4-6H2,1H3,(H,13,14)/t7-,8+,11-/m0/s1. The van der Waals surface area contributed by atoms with Gasteiger partial charge in [0, 0.05) is 6.42 Å². The van der Waals surface area contributed by atoms with E-state index >= 15 is 0 Å². The summed E-state index contributed by atoms with van der Waals surface area (Å²) in [7, 11) is 0. The Hall–Kier alpha value is -1.12. The van der Waals surface area contributed by atoms with Gasteiger partial charge in [-0.15, -0.1) is 0 Å². The zero-order chi connectivity index (χ0) is 10.3. The Morgan fingerprint density at radius 1 is 1.50 bits per heavy atom. The van der Waals surface area contributed by atoms with E-state index in [9.17, 15) is 9.59 Å². The number of allylic oxidation sites excluding steroid dienone is 2. The maximum atomic E-state index is 11.7. The summed E-state index contributed by atoms with van der Waals surface area (Å²) >= 11 is 0. The van der Waals surface area contributed by atoms with Gasteiger partial charge in [0.2, 0.25) is 0 Å². The summed E-state index contributed by atoms with van der Waals surface area (Å²) < 4.78 is 0. The van der Waals surface area contributed by atoms with E-state index in [1.807, 2.05) is 6.08 Å². The summed E-state index contributed by atoms with van der Waals surface area (Å²) in [5.74, 6) is -0.778. The van der Waals surface area contributed by atoms with E-state index in [0.717, 1.165) is 12.8 Å². The van der Waals surface area contributed by atoms with Gasteiger partial charge in [0.25, 0.3) is 0 Å². The molecule has 2 aliphatic rings. The first-order chi connectivity index (χ1) is 6.56. The SMILES string of the molecule is C[C@@]1(C(=O)O)C(=O)C[C@@H]2CC=CC[C@H]21. The van der Waals surface area contributed by atoms with Crippen LogP contribution in [-0.2, 0) is 9.59 Å². The molecule has 0 unspecified atom stereocenters. The molecule has 76 valence electrons. The summed E-state index contributed by atoms with van der Waals surface area (Å²) in [4.78, 5) is 22.8. The molecule has 0 spiro atoms. The third-order valence-corrected chi connectivity index (χ3v) is 3.78. The van der Waals surface area contributed by atoms with Crippen LogP contribution in [-0.4, -0.2) is 16.9 Å². The van der Waals surface area contributed by atoms with E-state index in [-0.39, 0.29) is 17.6 Å². The molecule has 2 aliphatic carbocycles. The molecule has 14 heavy (non-hydrogen) atoms. The van der Waals surface area contributed by atoms with Crippen molar-refractivity contribution in [2.24, 2.45) is 17.3 Å². The van der Waals surface area contributed by atoms with Gasteiger partial charge in [0.15, 0.2) is 0 Å².